The standard InChI is InChI=1S/C10H12N4O4/c15-3-6-7(16)8(17)10(18-6)14-9-5(2-13-14)1-11-4-12-9/h1-2,4,6-8,10,15-17H,3H2/t6-,7-,8-,10-/m1/s1. The van der Waals surface area contributed by atoms with Gasteiger partial charge in [0.15, 0.2) is 11.9 Å². The minimum absolute atomic E-state index is 0.372. The van der Waals surface area contributed by atoms with Gasteiger partial charge in [-0.15, -0.1) is 0 Å². The Hall–Kier alpha value is -1.61. The number of rotatable bonds is 2. The normalized spacial score (nSPS) is 32.2. The van der Waals surface area contributed by atoms with Crippen molar-refractivity contribution in [2.45, 2.75) is 24.5 Å². The molecule has 1 aliphatic heterocycles. The molecule has 0 unspecified atom stereocenters. The summed E-state index contributed by atoms with van der Waals surface area (Å²) in [6.45, 7) is -0.372. The number of hydrogen-bond acceptors (Lipinski definition) is 7. The van der Waals surface area contributed by atoms with Gasteiger partial charge in [-0.05, 0) is 0 Å². The Morgan fingerprint density at radius 3 is 2.83 bits per heavy atom. The van der Waals surface area contributed by atoms with Gasteiger partial charge in [-0.1, -0.05) is 0 Å². The molecular formula is C10H12N4O4. The van der Waals surface area contributed by atoms with Crippen molar-refractivity contribution >= 4 is 11.0 Å². The van der Waals surface area contributed by atoms with Crippen molar-refractivity contribution in [1.29, 1.82) is 0 Å². The van der Waals surface area contributed by atoms with Crippen LogP contribution in [0.25, 0.3) is 11.0 Å². The van der Waals surface area contributed by atoms with Crippen LogP contribution in [0.1, 0.15) is 6.23 Å². The molecule has 18 heavy (non-hydrogen) atoms. The first-order valence-corrected chi connectivity index (χ1v) is 5.48. The fraction of sp³-hybridized carbons (Fsp3) is 0.500. The van der Waals surface area contributed by atoms with E-state index in [4.69, 9.17) is 9.84 Å². The third-order valence-corrected chi connectivity index (χ3v) is 3.01. The summed E-state index contributed by atoms with van der Waals surface area (Å²) in [6, 6.07) is 0. The van der Waals surface area contributed by atoms with E-state index in [0.717, 1.165) is 0 Å². The zero-order valence-corrected chi connectivity index (χ0v) is 9.29. The van der Waals surface area contributed by atoms with E-state index in [1.165, 1.54) is 11.0 Å². The molecule has 0 bridgehead atoms. The lowest BCUT2D eigenvalue weighted by Crippen LogP contribution is -2.33. The molecule has 3 heterocycles. The minimum Gasteiger partial charge on any atom is -0.394 e. The van der Waals surface area contributed by atoms with Gasteiger partial charge in [0.1, 0.15) is 24.6 Å². The molecule has 2 aromatic rings. The number of nitrogens with zero attached hydrogens (tertiary/aromatic N) is 4. The van der Waals surface area contributed by atoms with Gasteiger partial charge in [0, 0.05) is 6.20 Å². The van der Waals surface area contributed by atoms with Crippen LogP contribution in [0.5, 0.6) is 0 Å². The van der Waals surface area contributed by atoms with Crippen molar-refractivity contribution in [2.75, 3.05) is 6.61 Å². The Kier molecular flexibility index (Phi) is 2.71. The van der Waals surface area contributed by atoms with E-state index >= 15 is 0 Å². The Labute approximate surface area is 101 Å². The van der Waals surface area contributed by atoms with Crippen molar-refractivity contribution in [2.24, 2.45) is 0 Å². The Morgan fingerprint density at radius 2 is 2.11 bits per heavy atom. The fourth-order valence-corrected chi connectivity index (χ4v) is 2.06. The monoisotopic (exact) mass is 252 g/mol. The summed E-state index contributed by atoms with van der Waals surface area (Å²) >= 11 is 0. The second kappa shape index (κ2) is 4.25. The molecule has 0 amide bonds. The van der Waals surface area contributed by atoms with E-state index in [-0.39, 0.29) is 6.61 Å². The van der Waals surface area contributed by atoms with Crippen LogP contribution in [0.2, 0.25) is 0 Å². The summed E-state index contributed by atoms with van der Waals surface area (Å²) < 4.78 is 6.75. The van der Waals surface area contributed by atoms with Crippen LogP contribution in [-0.2, 0) is 4.74 Å². The second-order valence-corrected chi connectivity index (χ2v) is 4.12. The van der Waals surface area contributed by atoms with E-state index in [2.05, 4.69) is 15.1 Å². The van der Waals surface area contributed by atoms with Crippen molar-refractivity contribution in [3.63, 3.8) is 0 Å². The van der Waals surface area contributed by atoms with Crippen LogP contribution in [0.15, 0.2) is 18.7 Å². The van der Waals surface area contributed by atoms with E-state index in [1.807, 2.05) is 0 Å². The highest BCUT2D eigenvalue weighted by molar-refractivity contribution is 5.72. The first-order chi connectivity index (χ1) is 8.72. The maximum atomic E-state index is 9.90. The molecule has 1 aliphatic rings. The Bertz CT molecular complexity index is 560. The predicted octanol–water partition coefficient (Wildman–Crippen LogP) is -1.56. The van der Waals surface area contributed by atoms with Gasteiger partial charge in [0.2, 0.25) is 0 Å². The predicted molar refractivity (Wildman–Crippen MR) is 58.3 cm³/mol. The number of aliphatic hydroxyl groups is 3. The van der Waals surface area contributed by atoms with Crippen molar-refractivity contribution in [3.8, 4) is 0 Å². The molecule has 1 saturated heterocycles. The van der Waals surface area contributed by atoms with Crippen molar-refractivity contribution in [1.82, 2.24) is 19.7 Å². The molecule has 0 radical (unpaired) electrons. The Balaban J connectivity index is 2.00. The van der Waals surface area contributed by atoms with Crippen molar-refractivity contribution < 1.29 is 20.1 Å². The summed E-state index contributed by atoms with van der Waals surface area (Å²) in [6.07, 6.45) is 0.482. The van der Waals surface area contributed by atoms with E-state index < -0.39 is 24.5 Å². The summed E-state index contributed by atoms with van der Waals surface area (Å²) in [4.78, 5) is 7.91. The van der Waals surface area contributed by atoms with E-state index in [0.29, 0.717) is 11.0 Å². The first-order valence-electron chi connectivity index (χ1n) is 5.48. The second-order valence-electron chi connectivity index (χ2n) is 4.12. The molecule has 0 spiro atoms. The molecule has 1 fully saturated rings. The van der Waals surface area contributed by atoms with Crippen LogP contribution in [0, 0.1) is 0 Å². The minimum atomic E-state index is -1.17. The lowest BCUT2D eigenvalue weighted by atomic mass is 10.1. The Morgan fingerprint density at radius 1 is 1.28 bits per heavy atom. The molecule has 2 aromatic heterocycles. The zero-order valence-electron chi connectivity index (χ0n) is 9.29. The topological polar surface area (TPSA) is 114 Å². The molecule has 4 atom stereocenters. The third-order valence-electron chi connectivity index (χ3n) is 3.01. The summed E-state index contributed by atoms with van der Waals surface area (Å²) in [5.41, 5.74) is 0.500. The molecule has 0 saturated carbocycles. The molecule has 0 aliphatic carbocycles. The number of aromatic nitrogens is 4. The average molecular weight is 252 g/mol. The molecule has 3 rings (SSSR count). The number of aliphatic hydroxyl groups excluding tert-OH is 3. The number of hydrogen-bond donors (Lipinski definition) is 3. The van der Waals surface area contributed by atoms with Gasteiger partial charge >= 0.3 is 0 Å². The molecule has 3 N–H and O–H groups in total. The lowest BCUT2D eigenvalue weighted by Gasteiger charge is -2.15. The van der Waals surface area contributed by atoms with Gasteiger partial charge < -0.3 is 20.1 Å². The average Bonchev–Trinajstić information content (AvgIpc) is 2.93. The fourth-order valence-electron chi connectivity index (χ4n) is 2.06. The molecule has 0 aromatic carbocycles. The maximum absolute atomic E-state index is 9.90. The largest absolute Gasteiger partial charge is 0.394 e. The van der Waals surface area contributed by atoms with Crippen LogP contribution in [0.4, 0.5) is 0 Å². The van der Waals surface area contributed by atoms with Crippen LogP contribution in [0.3, 0.4) is 0 Å². The number of ether oxygens (including phenoxy) is 1. The first kappa shape index (κ1) is 11.5. The molecule has 8 heteroatoms. The van der Waals surface area contributed by atoms with Gasteiger partial charge in [0.25, 0.3) is 0 Å². The van der Waals surface area contributed by atoms with Crippen LogP contribution >= 0.6 is 0 Å². The van der Waals surface area contributed by atoms with E-state index in [1.54, 1.807) is 12.4 Å². The highest BCUT2D eigenvalue weighted by Crippen LogP contribution is 2.30. The highest BCUT2D eigenvalue weighted by Gasteiger charge is 2.44. The molecule has 8 nitrogen and oxygen atoms in total. The van der Waals surface area contributed by atoms with Crippen LogP contribution in [-0.4, -0.2) is 60.0 Å². The zero-order chi connectivity index (χ0) is 12.7. The quantitative estimate of drug-likeness (QED) is 0.592. The number of fused-ring (bicyclic) bond motifs is 1. The van der Waals surface area contributed by atoms with Gasteiger partial charge in [0.05, 0.1) is 18.2 Å². The van der Waals surface area contributed by atoms with Crippen LogP contribution < -0.4 is 0 Å². The van der Waals surface area contributed by atoms with Gasteiger partial charge in [-0.25, -0.2) is 14.6 Å². The molecular weight excluding hydrogens is 240 g/mol. The SMILES string of the molecule is OC[C@H]1O[C@@H](n2ncc3cncnc32)[C@H](O)[C@@H]1O. The van der Waals surface area contributed by atoms with Gasteiger partial charge in [-0.2, -0.15) is 5.10 Å². The third kappa shape index (κ3) is 1.58. The lowest BCUT2D eigenvalue weighted by molar-refractivity contribution is -0.0566. The summed E-state index contributed by atoms with van der Waals surface area (Å²) in [5.74, 6) is 0. The maximum Gasteiger partial charge on any atom is 0.181 e. The highest BCUT2D eigenvalue weighted by atomic mass is 16.6. The van der Waals surface area contributed by atoms with Crippen molar-refractivity contribution in [3.05, 3.63) is 18.7 Å². The van der Waals surface area contributed by atoms with E-state index in [9.17, 15) is 10.2 Å². The smallest absolute Gasteiger partial charge is 0.181 e. The summed E-state index contributed by atoms with van der Waals surface area (Å²) in [7, 11) is 0. The summed E-state index contributed by atoms with van der Waals surface area (Å²) in [5, 5.41) is 33.4. The molecule has 96 valence electrons. The van der Waals surface area contributed by atoms with Gasteiger partial charge in [-0.3, -0.25) is 0 Å².